The summed E-state index contributed by atoms with van der Waals surface area (Å²) in [4.78, 5) is 9.74. The molecule has 0 aromatic rings. The van der Waals surface area contributed by atoms with E-state index in [1.54, 1.807) is 0 Å². The fourth-order valence-corrected chi connectivity index (χ4v) is 0.217. The molecule has 5 heteroatoms. The van der Waals surface area contributed by atoms with Gasteiger partial charge in [0.1, 0.15) is 0 Å². The van der Waals surface area contributed by atoms with E-state index in [9.17, 15) is 13.6 Å². The van der Waals surface area contributed by atoms with Gasteiger partial charge in [0, 0.05) is 6.92 Å². The maximum absolute atomic E-state index is 11.9. The van der Waals surface area contributed by atoms with E-state index < -0.39 is 17.9 Å². The molecule has 3 N–H and O–H groups in total. The molecule has 0 heterocycles. The van der Waals surface area contributed by atoms with Gasteiger partial charge in [0.2, 0.25) is 0 Å². The minimum Gasteiger partial charge on any atom is -0.480 e. The molecule has 0 aromatic carbocycles. The molecule has 0 saturated heterocycles. The van der Waals surface area contributed by atoms with Crippen molar-refractivity contribution >= 4 is 5.97 Å². The smallest absolute Gasteiger partial charge is 0.326 e. The van der Waals surface area contributed by atoms with Crippen LogP contribution >= 0.6 is 0 Å². The molecule has 0 aliphatic heterocycles. The SMILES string of the molecule is CC(F)(F)C(N)C(=O)O. The third kappa shape index (κ3) is 2.36. The average molecular weight is 139 g/mol. The van der Waals surface area contributed by atoms with E-state index in [4.69, 9.17) is 5.11 Å². The molecule has 1 unspecified atom stereocenters. The zero-order valence-corrected chi connectivity index (χ0v) is 4.77. The standard InChI is InChI=1S/C4H7F2NO2/c1-4(5,6)2(7)3(8)9/h2H,7H2,1H3,(H,8,9). The molecule has 0 spiro atoms. The zero-order valence-electron chi connectivity index (χ0n) is 4.77. The molecule has 0 bridgehead atoms. The molecule has 54 valence electrons. The maximum atomic E-state index is 11.9. The van der Waals surface area contributed by atoms with Gasteiger partial charge >= 0.3 is 5.97 Å². The lowest BCUT2D eigenvalue weighted by atomic mass is 10.2. The van der Waals surface area contributed by atoms with Crippen molar-refractivity contribution in [2.75, 3.05) is 0 Å². The van der Waals surface area contributed by atoms with E-state index in [1.807, 2.05) is 0 Å². The highest BCUT2D eigenvalue weighted by Gasteiger charge is 2.36. The first kappa shape index (κ1) is 8.29. The van der Waals surface area contributed by atoms with Crippen LogP contribution in [0.15, 0.2) is 0 Å². The van der Waals surface area contributed by atoms with Crippen LogP contribution in [-0.4, -0.2) is 23.0 Å². The lowest BCUT2D eigenvalue weighted by Gasteiger charge is -2.13. The quantitative estimate of drug-likeness (QED) is 0.568. The Morgan fingerprint density at radius 3 is 2.11 bits per heavy atom. The number of rotatable bonds is 2. The predicted molar refractivity (Wildman–Crippen MR) is 26.2 cm³/mol. The van der Waals surface area contributed by atoms with Crippen LogP contribution in [0.25, 0.3) is 0 Å². The van der Waals surface area contributed by atoms with Gasteiger partial charge in [0.05, 0.1) is 0 Å². The van der Waals surface area contributed by atoms with Crippen LogP contribution in [0.3, 0.4) is 0 Å². The summed E-state index contributed by atoms with van der Waals surface area (Å²) in [5.41, 5.74) is 4.54. The molecule has 3 nitrogen and oxygen atoms in total. The fraction of sp³-hybridized carbons (Fsp3) is 0.750. The number of nitrogens with two attached hydrogens (primary N) is 1. The van der Waals surface area contributed by atoms with Crippen molar-refractivity contribution in [1.82, 2.24) is 0 Å². The molecule has 0 aliphatic rings. The number of hydrogen-bond acceptors (Lipinski definition) is 2. The Balaban J connectivity index is 4.04. The molecule has 1 atom stereocenters. The van der Waals surface area contributed by atoms with Crippen molar-refractivity contribution in [3.8, 4) is 0 Å². The first-order chi connectivity index (χ1) is 3.85. The number of hydrogen-bond donors (Lipinski definition) is 2. The molecule has 9 heavy (non-hydrogen) atoms. The molecule has 0 radical (unpaired) electrons. The molecule has 0 rings (SSSR count). The number of alkyl halides is 2. The summed E-state index contributed by atoms with van der Waals surface area (Å²) in [6.45, 7) is 0.464. The second-order valence-corrected chi connectivity index (χ2v) is 1.77. The van der Waals surface area contributed by atoms with Gasteiger partial charge in [-0.2, -0.15) is 0 Å². The van der Waals surface area contributed by atoms with Crippen molar-refractivity contribution in [3.63, 3.8) is 0 Å². The summed E-state index contributed by atoms with van der Waals surface area (Å²) in [7, 11) is 0. The van der Waals surface area contributed by atoms with Crippen molar-refractivity contribution in [1.29, 1.82) is 0 Å². The summed E-state index contributed by atoms with van der Waals surface area (Å²) >= 11 is 0. The van der Waals surface area contributed by atoms with Gasteiger partial charge < -0.3 is 10.8 Å². The Bertz CT molecular complexity index is 120. The van der Waals surface area contributed by atoms with Crippen LogP contribution in [0.2, 0.25) is 0 Å². The maximum Gasteiger partial charge on any atom is 0.326 e. The highest BCUT2D eigenvalue weighted by molar-refractivity contribution is 5.74. The first-order valence-electron chi connectivity index (χ1n) is 2.22. The Kier molecular flexibility index (Phi) is 2.08. The van der Waals surface area contributed by atoms with Crippen LogP contribution in [0.1, 0.15) is 6.92 Å². The van der Waals surface area contributed by atoms with E-state index in [2.05, 4.69) is 5.73 Å². The third-order valence-corrected chi connectivity index (χ3v) is 0.812. The second kappa shape index (κ2) is 2.26. The van der Waals surface area contributed by atoms with Crippen LogP contribution in [0, 0.1) is 0 Å². The Hall–Kier alpha value is -0.710. The van der Waals surface area contributed by atoms with Crippen LogP contribution in [-0.2, 0) is 4.79 Å². The zero-order chi connectivity index (χ0) is 7.65. The predicted octanol–water partition coefficient (Wildman–Crippen LogP) is 0.0535. The summed E-state index contributed by atoms with van der Waals surface area (Å²) in [6, 6.07) is -2.10. The summed E-state index contributed by atoms with van der Waals surface area (Å²) < 4.78 is 23.7. The van der Waals surface area contributed by atoms with Crippen LogP contribution in [0.4, 0.5) is 8.78 Å². The van der Waals surface area contributed by atoms with E-state index in [1.165, 1.54) is 0 Å². The van der Waals surface area contributed by atoms with E-state index in [0.717, 1.165) is 0 Å². The molecule has 0 aliphatic carbocycles. The first-order valence-corrected chi connectivity index (χ1v) is 2.22. The Labute approximate surface area is 50.5 Å². The third-order valence-electron chi connectivity index (χ3n) is 0.812. The summed E-state index contributed by atoms with van der Waals surface area (Å²) in [5.74, 6) is -5.03. The fourth-order valence-electron chi connectivity index (χ4n) is 0.217. The summed E-state index contributed by atoms with van der Waals surface area (Å²) in [6.07, 6.45) is 0. The highest BCUT2D eigenvalue weighted by Crippen LogP contribution is 2.14. The van der Waals surface area contributed by atoms with Crippen molar-refractivity contribution in [3.05, 3.63) is 0 Å². The molecule has 0 amide bonds. The Morgan fingerprint density at radius 1 is 1.78 bits per heavy atom. The van der Waals surface area contributed by atoms with Gasteiger partial charge in [-0.25, -0.2) is 8.78 Å². The number of aliphatic carboxylic acids is 1. The van der Waals surface area contributed by atoms with Gasteiger partial charge in [0.25, 0.3) is 5.92 Å². The van der Waals surface area contributed by atoms with Crippen molar-refractivity contribution in [2.24, 2.45) is 5.73 Å². The molecule has 0 saturated carbocycles. The number of carboxylic acid groups (broad SMARTS) is 1. The van der Waals surface area contributed by atoms with Gasteiger partial charge in [-0.3, -0.25) is 4.79 Å². The largest absolute Gasteiger partial charge is 0.480 e. The lowest BCUT2D eigenvalue weighted by Crippen LogP contribution is -2.44. The van der Waals surface area contributed by atoms with E-state index in [-0.39, 0.29) is 0 Å². The molecular weight excluding hydrogens is 132 g/mol. The van der Waals surface area contributed by atoms with Crippen LogP contribution in [0.5, 0.6) is 0 Å². The topological polar surface area (TPSA) is 63.3 Å². The second-order valence-electron chi connectivity index (χ2n) is 1.77. The lowest BCUT2D eigenvalue weighted by molar-refractivity contribution is -0.146. The molecule has 0 aromatic heterocycles. The van der Waals surface area contributed by atoms with Gasteiger partial charge in [0.15, 0.2) is 6.04 Å². The minimum atomic E-state index is -3.34. The number of halogens is 2. The van der Waals surface area contributed by atoms with Crippen LogP contribution < -0.4 is 5.73 Å². The monoisotopic (exact) mass is 139 g/mol. The van der Waals surface area contributed by atoms with Crippen molar-refractivity contribution < 1.29 is 18.7 Å². The Morgan fingerprint density at radius 2 is 2.11 bits per heavy atom. The molecular formula is C4H7F2NO2. The van der Waals surface area contributed by atoms with Gasteiger partial charge in [-0.05, 0) is 0 Å². The van der Waals surface area contributed by atoms with E-state index in [0.29, 0.717) is 6.92 Å². The number of carbonyl (C=O) groups is 1. The van der Waals surface area contributed by atoms with Gasteiger partial charge in [-0.15, -0.1) is 0 Å². The molecule has 0 fully saturated rings. The van der Waals surface area contributed by atoms with Crippen molar-refractivity contribution in [2.45, 2.75) is 18.9 Å². The minimum absolute atomic E-state index is 0.464. The summed E-state index contributed by atoms with van der Waals surface area (Å²) in [5, 5.41) is 7.91. The van der Waals surface area contributed by atoms with Gasteiger partial charge in [-0.1, -0.05) is 0 Å². The van der Waals surface area contributed by atoms with E-state index >= 15 is 0 Å². The average Bonchev–Trinajstić information content (AvgIpc) is 1.62. The highest BCUT2D eigenvalue weighted by atomic mass is 19.3. The normalized spacial score (nSPS) is 15.1. The number of carboxylic acids is 1.